The van der Waals surface area contributed by atoms with Gasteiger partial charge in [-0.05, 0) is 39.0 Å². The molecular weight excluding hydrogens is 354 g/mol. The SMILES string of the molecule is Cn1cc2cc(NC(=O)c3ncsc3NC(=O)OC(C)(C)C)ccc2n1. The minimum atomic E-state index is -0.632. The van der Waals surface area contributed by atoms with E-state index >= 15 is 0 Å². The monoisotopic (exact) mass is 373 g/mol. The number of thiazole rings is 1. The summed E-state index contributed by atoms with van der Waals surface area (Å²) in [5, 5.41) is 10.9. The molecule has 0 bridgehead atoms. The van der Waals surface area contributed by atoms with Gasteiger partial charge in [0.2, 0.25) is 0 Å². The maximum atomic E-state index is 12.5. The van der Waals surface area contributed by atoms with Crippen molar-refractivity contribution in [3.05, 3.63) is 35.6 Å². The summed E-state index contributed by atoms with van der Waals surface area (Å²) in [6.07, 6.45) is 1.23. The predicted molar refractivity (Wildman–Crippen MR) is 101 cm³/mol. The van der Waals surface area contributed by atoms with E-state index in [0.717, 1.165) is 22.2 Å². The number of benzene rings is 1. The third-order valence-electron chi connectivity index (χ3n) is 3.27. The van der Waals surface area contributed by atoms with Crippen LogP contribution in [0.5, 0.6) is 0 Å². The van der Waals surface area contributed by atoms with Crippen molar-refractivity contribution in [2.24, 2.45) is 7.05 Å². The van der Waals surface area contributed by atoms with Crippen molar-refractivity contribution in [1.82, 2.24) is 14.8 Å². The molecule has 2 amide bonds. The molecule has 2 heterocycles. The van der Waals surface area contributed by atoms with Crippen molar-refractivity contribution >= 4 is 44.9 Å². The number of rotatable bonds is 3. The fourth-order valence-electron chi connectivity index (χ4n) is 2.31. The Hall–Kier alpha value is -2.94. The highest BCUT2D eigenvalue weighted by Crippen LogP contribution is 2.24. The van der Waals surface area contributed by atoms with E-state index in [2.05, 4.69) is 20.7 Å². The van der Waals surface area contributed by atoms with Gasteiger partial charge < -0.3 is 10.1 Å². The molecule has 26 heavy (non-hydrogen) atoms. The zero-order chi connectivity index (χ0) is 18.9. The van der Waals surface area contributed by atoms with Gasteiger partial charge in [-0.3, -0.25) is 14.8 Å². The average Bonchev–Trinajstić information content (AvgIpc) is 3.10. The fourth-order valence-corrected chi connectivity index (χ4v) is 2.97. The van der Waals surface area contributed by atoms with Crippen molar-refractivity contribution in [3.8, 4) is 0 Å². The first-order valence-electron chi connectivity index (χ1n) is 7.89. The van der Waals surface area contributed by atoms with Crippen LogP contribution in [0.25, 0.3) is 10.9 Å². The topological polar surface area (TPSA) is 98.1 Å². The van der Waals surface area contributed by atoms with Gasteiger partial charge in [-0.15, -0.1) is 11.3 Å². The largest absolute Gasteiger partial charge is 0.444 e. The zero-order valence-electron chi connectivity index (χ0n) is 14.9. The smallest absolute Gasteiger partial charge is 0.412 e. The van der Waals surface area contributed by atoms with Gasteiger partial charge in [-0.1, -0.05) is 0 Å². The van der Waals surface area contributed by atoms with Crippen LogP contribution in [0.15, 0.2) is 29.9 Å². The highest BCUT2D eigenvalue weighted by atomic mass is 32.1. The normalized spacial score (nSPS) is 11.4. The highest BCUT2D eigenvalue weighted by molar-refractivity contribution is 7.14. The summed E-state index contributed by atoms with van der Waals surface area (Å²) in [5.41, 5.74) is 2.45. The number of carbonyl (C=O) groups excluding carboxylic acids is 2. The van der Waals surface area contributed by atoms with Crippen LogP contribution in [0.4, 0.5) is 15.5 Å². The summed E-state index contributed by atoms with van der Waals surface area (Å²) in [6.45, 7) is 5.30. The Morgan fingerprint density at radius 2 is 2.00 bits per heavy atom. The van der Waals surface area contributed by atoms with E-state index in [-0.39, 0.29) is 5.69 Å². The summed E-state index contributed by atoms with van der Waals surface area (Å²) in [4.78, 5) is 28.5. The van der Waals surface area contributed by atoms with Crippen molar-refractivity contribution in [1.29, 1.82) is 0 Å². The summed E-state index contributed by atoms with van der Waals surface area (Å²) in [6, 6.07) is 5.42. The van der Waals surface area contributed by atoms with E-state index in [4.69, 9.17) is 4.74 Å². The van der Waals surface area contributed by atoms with Crippen LogP contribution >= 0.6 is 11.3 Å². The predicted octanol–water partition coefficient (Wildman–Crippen LogP) is 3.63. The number of ether oxygens (including phenoxy) is 1. The molecule has 2 aromatic heterocycles. The number of anilines is 2. The van der Waals surface area contributed by atoms with Crippen molar-refractivity contribution in [2.45, 2.75) is 26.4 Å². The second-order valence-electron chi connectivity index (χ2n) is 6.69. The van der Waals surface area contributed by atoms with Crippen LogP contribution in [-0.4, -0.2) is 32.4 Å². The highest BCUT2D eigenvalue weighted by Gasteiger charge is 2.21. The second-order valence-corrected chi connectivity index (χ2v) is 7.54. The number of amides is 2. The molecule has 0 aliphatic carbocycles. The Morgan fingerprint density at radius 3 is 2.73 bits per heavy atom. The van der Waals surface area contributed by atoms with Crippen LogP contribution < -0.4 is 10.6 Å². The molecule has 8 nitrogen and oxygen atoms in total. The van der Waals surface area contributed by atoms with E-state index in [9.17, 15) is 9.59 Å². The quantitative estimate of drug-likeness (QED) is 0.730. The van der Waals surface area contributed by atoms with Gasteiger partial charge in [0.05, 0.1) is 11.0 Å². The molecule has 0 spiro atoms. The molecule has 136 valence electrons. The fraction of sp³-hybridized carbons (Fsp3) is 0.294. The maximum Gasteiger partial charge on any atom is 0.412 e. The van der Waals surface area contributed by atoms with Crippen molar-refractivity contribution in [2.75, 3.05) is 10.6 Å². The maximum absolute atomic E-state index is 12.5. The Kier molecular flexibility index (Phi) is 4.64. The molecule has 3 rings (SSSR count). The molecule has 0 atom stereocenters. The molecular formula is C17H19N5O3S. The number of hydrogen-bond donors (Lipinski definition) is 2. The Morgan fingerprint density at radius 1 is 1.23 bits per heavy atom. The lowest BCUT2D eigenvalue weighted by molar-refractivity contribution is 0.0636. The first kappa shape index (κ1) is 17.9. The van der Waals surface area contributed by atoms with E-state index in [0.29, 0.717) is 10.7 Å². The lowest BCUT2D eigenvalue weighted by Crippen LogP contribution is -2.27. The van der Waals surface area contributed by atoms with E-state index < -0.39 is 17.6 Å². The average molecular weight is 373 g/mol. The standard InChI is InChI=1S/C17H19N5O3S/c1-17(2,3)25-16(24)20-15-13(18-9-26-15)14(23)19-11-5-6-12-10(7-11)8-22(4)21-12/h5-9H,1-4H3,(H,19,23)(H,20,24). The molecule has 0 aliphatic heterocycles. The first-order valence-corrected chi connectivity index (χ1v) is 8.77. The lowest BCUT2D eigenvalue weighted by Gasteiger charge is -2.19. The molecule has 0 aliphatic rings. The summed E-state index contributed by atoms with van der Waals surface area (Å²) in [7, 11) is 1.84. The Labute approximate surface area is 154 Å². The van der Waals surface area contributed by atoms with E-state index in [1.165, 1.54) is 5.51 Å². The molecule has 3 aromatic rings. The number of nitrogens with zero attached hydrogens (tertiary/aromatic N) is 3. The van der Waals surface area contributed by atoms with Gasteiger partial charge in [0.15, 0.2) is 5.69 Å². The van der Waals surface area contributed by atoms with Gasteiger partial charge in [-0.2, -0.15) is 5.10 Å². The molecule has 9 heteroatoms. The van der Waals surface area contributed by atoms with Gasteiger partial charge in [0, 0.05) is 24.3 Å². The number of nitrogens with one attached hydrogen (secondary N) is 2. The Balaban J connectivity index is 1.73. The summed E-state index contributed by atoms with van der Waals surface area (Å²) < 4.78 is 6.91. The number of hydrogen-bond acceptors (Lipinski definition) is 6. The van der Waals surface area contributed by atoms with Crippen molar-refractivity contribution in [3.63, 3.8) is 0 Å². The molecule has 1 aromatic carbocycles. The van der Waals surface area contributed by atoms with Crippen LogP contribution in [0.3, 0.4) is 0 Å². The third-order valence-corrected chi connectivity index (χ3v) is 4.02. The molecule has 0 saturated heterocycles. The van der Waals surface area contributed by atoms with Gasteiger partial charge >= 0.3 is 6.09 Å². The number of aromatic nitrogens is 3. The third kappa shape index (κ3) is 4.17. The minimum Gasteiger partial charge on any atom is -0.444 e. The molecule has 2 N–H and O–H groups in total. The van der Waals surface area contributed by atoms with Crippen LogP contribution in [-0.2, 0) is 11.8 Å². The van der Waals surface area contributed by atoms with E-state index in [1.54, 1.807) is 31.5 Å². The van der Waals surface area contributed by atoms with Crippen LogP contribution in [0, 0.1) is 0 Å². The molecule has 0 unspecified atom stereocenters. The summed E-state index contributed by atoms with van der Waals surface area (Å²) >= 11 is 1.15. The van der Waals surface area contributed by atoms with Gasteiger partial charge in [0.25, 0.3) is 5.91 Å². The number of carbonyl (C=O) groups is 2. The van der Waals surface area contributed by atoms with E-state index in [1.807, 2.05) is 25.4 Å². The number of fused-ring (bicyclic) bond motifs is 1. The first-order chi connectivity index (χ1) is 12.2. The minimum absolute atomic E-state index is 0.132. The Bertz CT molecular complexity index is 970. The summed E-state index contributed by atoms with van der Waals surface area (Å²) in [5.74, 6) is -0.416. The zero-order valence-corrected chi connectivity index (χ0v) is 15.7. The molecule has 0 fully saturated rings. The van der Waals surface area contributed by atoms with Crippen LogP contribution in [0.1, 0.15) is 31.3 Å². The van der Waals surface area contributed by atoms with Gasteiger partial charge in [-0.25, -0.2) is 9.78 Å². The molecule has 0 saturated carbocycles. The number of aryl methyl sites for hydroxylation is 1. The van der Waals surface area contributed by atoms with Gasteiger partial charge in [0.1, 0.15) is 10.6 Å². The van der Waals surface area contributed by atoms with Crippen LogP contribution in [0.2, 0.25) is 0 Å². The van der Waals surface area contributed by atoms with Crippen molar-refractivity contribution < 1.29 is 14.3 Å². The molecule has 0 radical (unpaired) electrons. The lowest BCUT2D eigenvalue weighted by atomic mass is 10.2. The second kappa shape index (κ2) is 6.75.